The molecule has 1 atom stereocenters. The first-order valence-electron chi connectivity index (χ1n) is 8.36. The van der Waals surface area contributed by atoms with Gasteiger partial charge in [0.1, 0.15) is 5.69 Å². The Morgan fingerprint density at radius 1 is 1.38 bits per heavy atom. The van der Waals surface area contributed by atoms with Crippen LogP contribution >= 0.6 is 11.8 Å². The van der Waals surface area contributed by atoms with Crippen molar-refractivity contribution in [2.24, 2.45) is 0 Å². The predicted molar refractivity (Wildman–Crippen MR) is 101 cm³/mol. The molecule has 1 heterocycles. The molecule has 0 saturated carbocycles. The van der Waals surface area contributed by atoms with E-state index in [1.165, 1.54) is 0 Å². The van der Waals surface area contributed by atoms with Crippen LogP contribution in [0.25, 0.3) is 11.3 Å². The number of rotatable bonds is 8. The summed E-state index contributed by atoms with van der Waals surface area (Å²) in [4.78, 5) is 12.6. The smallest absolute Gasteiger partial charge is 0.269 e. The van der Waals surface area contributed by atoms with Crippen molar-refractivity contribution in [2.45, 2.75) is 18.9 Å². The minimum absolute atomic E-state index is 0.0861. The Hall–Kier alpha value is -2.19. The Balaban J connectivity index is 1.84. The number of ether oxygens (including phenoxy) is 2. The number of H-pyrrole nitrogens is 1. The number of hydrogen-bond acceptors (Lipinski definition) is 6. The first-order chi connectivity index (χ1) is 12.6. The first kappa shape index (κ1) is 18.6. The predicted octanol–water partition coefficient (Wildman–Crippen LogP) is 1.84. The molecule has 0 saturated heterocycles. The molecular weight excluding hydrogens is 354 g/mol. The van der Waals surface area contributed by atoms with Crippen molar-refractivity contribution in [3.05, 3.63) is 29.0 Å². The summed E-state index contributed by atoms with van der Waals surface area (Å²) in [7, 11) is 3.19. The highest BCUT2D eigenvalue weighted by atomic mass is 32.2. The molecule has 0 fully saturated rings. The van der Waals surface area contributed by atoms with Crippen LogP contribution in [0.1, 0.15) is 28.0 Å². The van der Waals surface area contributed by atoms with Crippen molar-refractivity contribution in [1.29, 1.82) is 0 Å². The van der Waals surface area contributed by atoms with Gasteiger partial charge in [0.25, 0.3) is 5.91 Å². The summed E-state index contributed by atoms with van der Waals surface area (Å²) in [6.45, 7) is -0.0861. The lowest BCUT2D eigenvalue weighted by molar-refractivity contribution is 0.0909. The molecule has 8 heteroatoms. The van der Waals surface area contributed by atoms with Gasteiger partial charge in [-0.05, 0) is 36.1 Å². The third kappa shape index (κ3) is 3.39. The standard InChI is InChI=1S/C18H23N3O4S/c1-24-14-7-10-6-13-16(12(10)8-15(14)25-2)20-21-17(13)18(23)19-11(9-22)4-5-26-3/h7-8,11,22H,4-6,9H2,1-3H3,(H,19,23)(H,20,21)/t11-/m1/s1. The van der Waals surface area contributed by atoms with E-state index >= 15 is 0 Å². The second-order valence-corrected chi connectivity index (χ2v) is 7.09. The molecule has 1 amide bonds. The molecule has 7 nitrogen and oxygen atoms in total. The van der Waals surface area contributed by atoms with E-state index in [0.717, 1.165) is 28.1 Å². The Morgan fingerprint density at radius 3 is 2.77 bits per heavy atom. The molecule has 0 spiro atoms. The van der Waals surface area contributed by atoms with E-state index in [1.54, 1.807) is 26.0 Å². The quantitative estimate of drug-likeness (QED) is 0.554. The maximum Gasteiger partial charge on any atom is 0.269 e. The average Bonchev–Trinajstić information content (AvgIpc) is 3.22. The summed E-state index contributed by atoms with van der Waals surface area (Å²) in [6, 6.07) is 3.54. The van der Waals surface area contributed by atoms with E-state index in [0.29, 0.717) is 30.0 Å². The highest BCUT2D eigenvalue weighted by molar-refractivity contribution is 7.98. The van der Waals surface area contributed by atoms with Crippen LogP contribution in [0.2, 0.25) is 0 Å². The molecule has 3 rings (SSSR count). The highest BCUT2D eigenvalue weighted by Crippen LogP contribution is 2.42. The van der Waals surface area contributed by atoms with Crippen molar-refractivity contribution in [3.8, 4) is 22.8 Å². The molecule has 140 valence electrons. The summed E-state index contributed by atoms with van der Waals surface area (Å²) in [5, 5.41) is 19.5. The number of fused-ring (bicyclic) bond motifs is 3. The number of amides is 1. The van der Waals surface area contributed by atoms with E-state index in [2.05, 4.69) is 15.5 Å². The van der Waals surface area contributed by atoms with Gasteiger partial charge in [0.05, 0.1) is 32.6 Å². The van der Waals surface area contributed by atoms with Crippen LogP contribution in [-0.4, -0.2) is 60.1 Å². The molecule has 1 aliphatic rings. The van der Waals surface area contributed by atoms with Gasteiger partial charge in [0.15, 0.2) is 11.5 Å². The fourth-order valence-corrected chi connectivity index (χ4v) is 3.67. The maximum absolute atomic E-state index is 12.6. The van der Waals surface area contributed by atoms with E-state index < -0.39 is 0 Å². The number of thioether (sulfide) groups is 1. The summed E-state index contributed by atoms with van der Waals surface area (Å²) in [5.41, 5.74) is 4.04. The van der Waals surface area contributed by atoms with Gasteiger partial charge in [-0.15, -0.1) is 0 Å². The van der Waals surface area contributed by atoms with E-state index in [4.69, 9.17) is 9.47 Å². The van der Waals surface area contributed by atoms with E-state index in [1.807, 2.05) is 18.4 Å². The summed E-state index contributed by atoms with van der Waals surface area (Å²) in [5.74, 6) is 1.91. The molecule has 1 aromatic heterocycles. The van der Waals surface area contributed by atoms with Crippen molar-refractivity contribution in [3.63, 3.8) is 0 Å². The minimum atomic E-state index is -0.266. The van der Waals surface area contributed by atoms with Gasteiger partial charge < -0.3 is 19.9 Å². The van der Waals surface area contributed by atoms with Crippen LogP contribution in [0.3, 0.4) is 0 Å². The van der Waals surface area contributed by atoms with Gasteiger partial charge in [-0.3, -0.25) is 9.89 Å². The summed E-state index contributed by atoms with van der Waals surface area (Å²) >= 11 is 1.68. The molecule has 0 bridgehead atoms. The zero-order chi connectivity index (χ0) is 18.7. The number of nitrogens with zero attached hydrogens (tertiary/aromatic N) is 1. The third-order valence-electron chi connectivity index (χ3n) is 4.55. The maximum atomic E-state index is 12.6. The Kier molecular flexibility index (Phi) is 5.73. The molecule has 26 heavy (non-hydrogen) atoms. The largest absolute Gasteiger partial charge is 0.493 e. The zero-order valence-corrected chi connectivity index (χ0v) is 15.9. The van der Waals surface area contributed by atoms with Crippen molar-refractivity contribution < 1.29 is 19.4 Å². The number of benzene rings is 1. The first-order valence-corrected chi connectivity index (χ1v) is 9.75. The molecule has 3 N–H and O–H groups in total. The summed E-state index contributed by atoms with van der Waals surface area (Å²) < 4.78 is 10.7. The number of hydrogen-bond donors (Lipinski definition) is 3. The molecule has 0 radical (unpaired) electrons. The van der Waals surface area contributed by atoms with Crippen LogP contribution in [-0.2, 0) is 6.42 Å². The summed E-state index contributed by atoms with van der Waals surface area (Å²) in [6.07, 6.45) is 3.31. The van der Waals surface area contributed by atoms with Gasteiger partial charge in [-0.25, -0.2) is 0 Å². The molecule has 0 unspecified atom stereocenters. The Morgan fingerprint density at radius 2 is 2.12 bits per heavy atom. The van der Waals surface area contributed by atoms with Crippen LogP contribution in [0.5, 0.6) is 11.5 Å². The molecular formula is C18H23N3O4S. The van der Waals surface area contributed by atoms with Gasteiger partial charge >= 0.3 is 0 Å². The van der Waals surface area contributed by atoms with Crippen molar-refractivity contribution >= 4 is 17.7 Å². The molecule has 2 aromatic rings. The second kappa shape index (κ2) is 8.01. The molecule has 0 aliphatic heterocycles. The van der Waals surface area contributed by atoms with Gasteiger partial charge in [-0.1, -0.05) is 0 Å². The van der Waals surface area contributed by atoms with Crippen molar-refractivity contribution in [1.82, 2.24) is 15.5 Å². The van der Waals surface area contributed by atoms with Crippen LogP contribution in [0.15, 0.2) is 12.1 Å². The highest BCUT2D eigenvalue weighted by Gasteiger charge is 2.29. The lowest BCUT2D eigenvalue weighted by Crippen LogP contribution is -2.38. The normalized spacial score (nSPS) is 13.1. The second-order valence-electron chi connectivity index (χ2n) is 6.10. The number of aromatic amines is 1. The fourth-order valence-electron chi connectivity index (χ4n) is 3.15. The Bertz CT molecular complexity index is 806. The number of methoxy groups -OCH3 is 2. The average molecular weight is 377 g/mol. The zero-order valence-electron chi connectivity index (χ0n) is 15.1. The topological polar surface area (TPSA) is 96.5 Å². The van der Waals surface area contributed by atoms with Gasteiger partial charge in [-0.2, -0.15) is 16.9 Å². The fraction of sp³-hybridized carbons (Fsp3) is 0.444. The Labute approximate surface area is 156 Å². The molecule has 1 aliphatic carbocycles. The van der Waals surface area contributed by atoms with E-state index in [-0.39, 0.29) is 18.6 Å². The van der Waals surface area contributed by atoms with Crippen LogP contribution < -0.4 is 14.8 Å². The molecule has 1 aromatic carbocycles. The third-order valence-corrected chi connectivity index (χ3v) is 5.20. The van der Waals surface area contributed by atoms with E-state index in [9.17, 15) is 9.90 Å². The van der Waals surface area contributed by atoms with Crippen LogP contribution in [0, 0.1) is 0 Å². The number of aliphatic hydroxyl groups is 1. The van der Waals surface area contributed by atoms with Gasteiger partial charge in [0.2, 0.25) is 0 Å². The monoisotopic (exact) mass is 377 g/mol. The number of carbonyl (C=O) groups is 1. The van der Waals surface area contributed by atoms with Crippen LogP contribution in [0.4, 0.5) is 0 Å². The van der Waals surface area contributed by atoms with Gasteiger partial charge in [0, 0.05) is 17.5 Å². The van der Waals surface area contributed by atoms with Crippen molar-refractivity contribution in [2.75, 3.05) is 32.8 Å². The lowest BCUT2D eigenvalue weighted by Gasteiger charge is -2.15. The number of carbonyl (C=O) groups excluding carboxylic acids is 1. The number of aliphatic hydroxyl groups excluding tert-OH is 1. The SMILES string of the molecule is COc1cc2c(cc1OC)-c1n[nH]c(C(=O)N[C@@H](CO)CCSC)c1C2. The number of nitrogens with one attached hydrogen (secondary N) is 2. The number of aromatic nitrogens is 2. The minimum Gasteiger partial charge on any atom is -0.493 e. The lowest BCUT2D eigenvalue weighted by atomic mass is 10.1.